The Labute approximate surface area is 310 Å². The van der Waals surface area contributed by atoms with E-state index in [1.807, 2.05) is 23.5 Å². The average Bonchev–Trinajstić information content (AvgIpc) is 3.80. The summed E-state index contributed by atoms with van der Waals surface area (Å²) in [4.78, 5) is 2.41. The molecule has 0 aliphatic heterocycles. The van der Waals surface area contributed by atoms with E-state index >= 15 is 0 Å². The van der Waals surface area contributed by atoms with Gasteiger partial charge in [0.25, 0.3) is 0 Å². The summed E-state index contributed by atoms with van der Waals surface area (Å²) in [7, 11) is 0. The fourth-order valence-electron chi connectivity index (χ4n) is 8.12. The first-order valence-electron chi connectivity index (χ1n) is 18.0. The van der Waals surface area contributed by atoms with E-state index in [9.17, 15) is 0 Å². The Bertz CT molecular complexity index is 3170. The van der Waals surface area contributed by atoms with E-state index in [0.717, 1.165) is 50.1 Å². The predicted octanol–water partition coefficient (Wildman–Crippen LogP) is 15.1. The molecule has 2 heterocycles. The molecule has 0 saturated carbocycles. The molecular formula is C50H31NOS. The van der Waals surface area contributed by atoms with E-state index in [0.29, 0.717) is 0 Å². The van der Waals surface area contributed by atoms with Crippen LogP contribution >= 0.6 is 11.3 Å². The van der Waals surface area contributed by atoms with Crippen molar-refractivity contribution in [2.75, 3.05) is 4.90 Å². The van der Waals surface area contributed by atoms with Gasteiger partial charge >= 0.3 is 0 Å². The summed E-state index contributed by atoms with van der Waals surface area (Å²) in [5.41, 5.74) is 9.93. The maximum Gasteiger partial charge on any atom is 0.136 e. The van der Waals surface area contributed by atoms with Crippen LogP contribution in [0.2, 0.25) is 0 Å². The molecule has 2 aromatic heterocycles. The lowest BCUT2D eigenvalue weighted by molar-refractivity contribution is 0.669. The molecule has 0 aliphatic rings. The van der Waals surface area contributed by atoms with Crippen molar-refractivity contribution in [3.8, 4) is 22.3 Å². The molecule has 248 valence electrons. The number of rotatable bonds is 5. The topological polar surface area (TPSA) is 16.4 Å². The highest BCUT2D eigenvalue weighted by Gasteiger charge is 2.19. The highest BCUT2D eigenvalue weighted by molar-refractivity contribution is 7.26. The van der Waals surface area contributed by atoms with E-state index in [2.05, 4.69) is 181 Å². The molecule has 9 aromatic carbocycles. The summed E-state index contributed by atoms with van der Waals surface area (Å²) in [5.74, 6) is 0. The minimum atomic E-state index is 0.906. The van der Waals surface area contributed by atoms with Crippen molar-refractivity contribution in [1.29, 1.82) is 0 Å². The van der Waals surface area contributed by atoms with Crippen LogP contribution in [0.5, 0.6) is 0 Å². The third-order valence-corrected chi connectivity index (χ3v) is 11.9. The van der Waals surface area contributed by atoms with E-state index in [-0.39, 0.29) is 0 Å². The second-order valence-corrected chi connectivity index (χ2v) is 14.7. The number of hydrogen-bond donors (Lipinski definition) is 0. The number of furan rings is 1. The normalized spacial score (nSPS) is 11.8. The van der Waals surface area contributed by atoms with Crippen molar-refractivity contribution >= 4 is 92.1 Å². The van der Waals surface area contributed by atoms with E-state index < -0.39 is 0 Å². The maximum absolute atomic E-state index is 6.24. The Hall–Kier alpha value is -6.68. The van der Waals surface area contributed by atoms with Gasteiger partial charge in [0.15, 0.2) is 0 Å². The minimum absolute atomic E-state index is 0.906. The molecule has 0 fully saturated rings. The van der Waals surface area contributed by atoms with Gasteiger partial charge in [0, 0.05) is 47.7 Å². The van der Waals surface area contributed by atoms with Crippen LogP contribution in [-0.2, 0) is 0 Å². The van der Waals surface area contributed by atoms with Crippen LogP contribution in [0.25, 0.3) is 85.9 Å². The van der Waals surface area contributed by atoms with Gasteiger partial charge in [0.2, 0.25) is 0 Å². The van der Waals surface area contributed by atoms with Crippen molar-refractivity contribution in [2.24, 2.45) is 0 Å². The molecule has 0 unspecified atom stereocenters. The summed E-state index contributed by atoms with van der Waals surface area (Å²) in [5, 5.41) is 9.86. The molecular weight excluding hydrogens is 663 g/mol. The van der Waals surface area contributed by atoms with Crippen LogP contribution < -0.4 is 4.90 Å². The SMILES string of the molecule is c1ccc2c(c1)cc(N(c1ccc(-c3ccc4c(c3)oc3ccccc34)cc1)c1ccc(-c3cccc4c3sc3ccccc34)cc1)c1ccccc12. The van der Waals surface area contributed by atoms with Gasteiger partial charge in [-0.3, -0.25) is 0 Å². The van der Waals surface area contributed by atoms with Crippen molar-refractivity contribution in [2.45, 2.75) is 0 Å². The number of nitrogens with zero attached hydrogens (tertiary/aromatic N) is 1. The Morgan fingerprint density at radius 3 is 1.79 bits per heavy atom. The first-order chi connectivity index (χ1) is 26.3. The van der Waals surface area contributed by atoms with E-state index in [1.165, 1.54) is 52.8 Å². The Morgan fingerprint density at radius 2 is 0.981 bits per heavy atom. The van der Waals surface area contributed by atoms with Gasteiger partial charge in [-0.15, -0.1) is 11.3 Å². The number of para-hydroxylation sites is 1. The van der Waals surface area contributed by atoms with Crippen molar-refractivity contribution < 1.29 is 4.42 Å². The summed E-state index contributed by atoms with van der Waals surface area (Å²) in [6, 6.07) is 68.0. The van der Waals surface area contributed by atoms with Gasteiger partial charge in [-0.1, -0.05) is 133 Å². The maximum atomic E-state index is 6.24. The van der Waals surface area contributed by atoms with Gasteiger partial charge < -0.3 is 9.32 Å². The van der Waals surface area contributed by atoms with Gasteiger partial charge in [0.1, 0.15) is 11.2 Å². The number of fused-ring (bicyclic) bond motifs is 9. The second kappa shape index (κ2) is 11.9. The highest BCUT2D eigenvalue weighted by atomic mass is 32.1. The third-order valence-electron chi connectivity index (χ3n) is 10.7. The molecule has 3 heteroatoms. The number of hydrogen-bond acceptors (Lipinski definition) is 3. The van der Waals surface area contributed by atoms with Gasteiger partial charge in [-0.2, -0.15) is 0 Å². The minimum Gasteiger partial charge on any atom is -0.456 e. The first-order valence-corrected chi connectivity index (χ1v) is 18.8. The highest BCUT2D eigenvalue weighted by Crippen LogP contribution is 2.44. The Balaban J connectivity index is 1.05. The lowest BCUT2D eigenvalue weighted by atomic mass is 9.98. The smallest absolute Gasteiger partial charge is 0.136 e. The zero-order chi connectivity index (χ0) is 34.9. The van der Waals surface area contributed by atoms with E-state index in [4.69, 9.17) is 4.42 Å². The van der Waals surface area contributed by atoms with Crippen LogP contribution in [0.1, 0.15) is 0 Å². The molecule has 0 N–H and O–H groups in total. The summed E-state index contributed by atoms with van der Waals surface area (Å²) in [6.07, 6.45) is 0. The van der Waals surface area contributed by atoms with Crippen LogP contribution in [-0.4, -0.2) is 0 Å². The summed E-state index contributed by atoms with van der Waals surface area (Å²) >= 11 is 1.87. The van der Waals surface area contributed by atoms with Crippen molar-refractivity contribution in [1.82, 2.24) is 0 Å². The zero-order valence-corrected chi connectivity index (χ0v) is 29.5. The summed E-state index contributed by atoms with van der Waals surface area (Å²) in [6.45, 7) is 0. The number of thiophene rings is 1. The Morgan fingerprint density at radius 1 is 0.377 bits per heavy atom. The molecule has 2 nitrogen and oxygen atoms in total. The van der Waals surface area contributed by atoms with Crippen molar-refractivity contribution in [3.63, 3.8) is 0 Å². The molecule has 11 aromatic rings. The molecule has 53 heavy (non-hydrogen) atoms. The predicted molar refractivity (Wildman–Crippen MR) is 227 cm³/mol. The molecule has 0 atom stereocenters. The lowest BCUT2D eigenvalue weighted by Crippen LogP contribution is -2.10. The van der Waals surface area contributed by atoms with Crippen LogP contribution in [0.15, 0.2) is 192 Å². The molecule has 11 rings (SSSR count). The average molecular weight is 694 g/mol. The molecule has 0 radical (unpaired) electrons. The lowest BCUT2D eigenvalue weighted by Gasteiger charge is -2.28. The largest absolute Gasteiger partial charge is 0.456 e. The first kappa shape index (κ1) is 30.0. The quantitative estimate of drug-likeness (QED) is 0.167. The van der Waals surface area contributed by atoms with Gasteiger partial charge in [0.05, 0.1) is 5.69 Å². The molecule has 0 aliphatic carbocycles. The van der Waals surface area contributed by atoms with Gasteiger partial charge in [-0.05, 0) is 93.0 Å². The number of anilines is 3. The molecule has 0 bridgehead atoms. The standard InChI is InChI=1S/C50H31NOS/c1-2-11-38-35(10-1)30-46(41-13-4-3-12-40(38)41)51(36-25-20-32(21-26-36)34-24-29-43-42-14-5-7-18-47(42)52-48(43)31-34)37-27-22-33(23-28-37)39-16-9-17-45-44-15-6-8-19-49(44)53-50(39)45/h1-31H. The summed E-state index contributed by atoms with van der Waals surface area (Å²) < 4.78 is 8.89. The number of benzene rings is 9. The van der Waals surface area contributed by atoms with Gasteiger partial charge in [-0.25, -0.2) is 0 Å². The van der Waals surface area contributed by atoms with Crippen LogP contribution in [0.4, 0.5) is 17.1 Å². The second-order valence-electron chi connectivity index (χ2n) is 13.7. The molecule has 0 spiro atoms. The molecule has 0 saturated heterocycles. The van der Waals surface area contributed by atoms with E-state index in [1.54, 1.807) is 0 Å². The van der Waals surface area contributed by atoms with Crippen LogP contribution in [0, 0.1) is 0 Å². The third kappa shape index (κ3) is 4.86. The monoisotopic (exact) mass is 693 g/mol. The van der Waals surface area contributed by atoms with Crippen LogP contribution in [0.3, 0.4) is 0 Å². The molecule has 0 amide bonds. The fraction of sp³-hybridized carbons (Fsp3) is 0. The van der Waals surface area contributed by atoms with Crippen molar-refractivity contribution in [3.05, 3.63) is 188 Å². The zero-order valence-electron chi connectivity index (χ0n) is 28.7. The Kier molecular flexibility index (Phi) is 6.76. The fourth-order valence-corrected chi connectivity index (χ4v) is 9.36.